The summed E-state index contributed by atoms with van der Waals surface area (Å²) in [4.78, 5) is 43.6. The fourth-order valence-corrected chi connectivity index (χ4v) is 4.62. The zero-order valence-electron chi connectivity index (χ0n) is 17.7. The number of ether oxygens (including phenoxy) is 1. The molecule has 0 saturated carbocycles. The molecule has 0 unspecified atom stereocenters. The maximum absolute atomic E-state index is 12.7. The third-order valence-electron chi connectivity index (χ3n) is 5.35. The lowest BCUT2D eigenvalue weighted by molar-refractivity contribution is 0.0925. The van der Waals surface area contributed by atoms with E-state index in [1.54, 1.807) is 67.8 Å². The van der Waals surface area contributed by atoms with Crippen molar-refractivity contribution in [1.29, 1.82) is 0 Å². The summed E-state index contributed by atoms with van der Waals surface area (Å²) in [5.41, 5.74) is 2.97. The number of hydrogen-bond acceptors (Lipinski definition) is 6. The summed E-state index contributed by atoms with van der Waals surface area (Å²) in [5, 5.41) is 5.48. The van der Waals surface area contributed by atoms with Gasteiger partial charge in [0.05, 0.1) is 34.6 Å². The maximum atomic E-state index is 12.7. The number of halogens is 1. The number of nitrogens with one attached hydrogen (secondary N) is 1. The molecule has 1 aliphatic heterocycles. The van der Waals surface area contributed by atoms with Gasteiger partial charge in [0, 0.05) is 16.5 Å². The van der Waals surface area contributed by atoms with Crippen LogP contribution in [0.5, 0.6) is 5.75 Å². The van der Waals surface area contributed by atoms with E-state index in [0.717, 1.165) is 10.5 Å². The first-order valence-electron chi connectivity index (χ1n) is 10.1. The van der Waals surface area contributed by atoms with Gasteiger partial charge in [-0.05, 0) is 54.6 Å². The van der Waals surface area contributed by atoms with Crippen LogP contribution in [0.15, 0.2) is 72.1 Å². The van der Waals surface area contributed by atoms with Crippen molar-refractivity contribution in [3.05, 3.63) is 93.8 Å². The second-order valence-corrected chi connectivity index (χ2v) is 8.64. The number of thiazole rings is 1. The van der Waals surface area contributed by atoms with Gasteiger partial charge in [-0.25, -0.2) is 9.88 Å². The fourth-order valence-electron chi connectivity index (χ4n) is 3.64. The monoisotopic (exact) mass is 489 g/mol. The highest BCUT2D eigenvalue weighted by Crippen LogP contribution is 2.32. The minimum Gasteiger partial charge on any atom is -0.495 e. The van der Waals surface area contributed by atoms with E-state index in [1.807, 2.05) is 11.4 Å². The molecule has 0 bridgehead atoms. The molecule has 168 valence electrons. The van der Waals surface area contributed by atoms with E-state index in [2.05, 4.69) is 10.3 Å². The third kappa shape index (κ3) is 3.83. The summed E-state index contributed by atoms with van der Waals surface area (Å²) in [7, 11) is 1.55. The van der Waals surface area contributed by atoms with Gasteiger partial charge in [0.2, 0.25) is 0 Å². The number of methoxy groups -OCH3 is 1. The van der Waals surface area contributed by atoms with Crippen molar-refractivity contribution < 1.29 is 19.1 Å². The smallest absolute Gasteiger partial charge is 0.266 e. The lowest BCUT2D eigenvalue weighted by Gasteiger charge is -2.14. The number of aromatic nitrogens is 1. The fraction of sp³-hybridized carbons (Fsp3) is 0.0400. The Bertz CT molecular complexity index is 1410. The van der Waals surface area contributed by atoms with Crippen molar-refractivity contribution in [2.75, 3.05) is 17.3 Å². The normalized spacial score (nSPS) is 12.6. The molecule has 0 aliphatic carbocycles. The molecule has 3 aromatic carbocycles. The predicted molar refractivity (Wildman–Crippen MR) is 131 cm³/mol. The number of rotatable bonds is 5. The van der Waals surface area contributed by atoms with Crippen LogP contribution in [0, 0.1) is 0 Å². The van der Waals surface area contributed by atoms with Crippen LogP contribution in [-0.4, -0.2) is 29.8 Å². The van der Waals surface area contributed by atoms with Crippen LogP contribution in [-0.2, 0) is 0 Å². The minimum absolute atomic E-state index is 0.359. The average molecular weight is 490 g/mol. The lowest BCUT2D eigenvalue weighted by Crippen LogP contribution is -2.29. The van der Waals surface area contributed by atoms with Crippen LogP contribution < -0.4 is 15.0 Å². The summed E-state index contributed by atoms with van der Waals surface area (Å²) in [6, 6.07) is 18.3. The van der Waals surface area contributed by atoms with E-state index >= 15 is 0 Å². The zero-order valence-corrected chi connectivity index (χ0v) is 19.3. The number of amides is 3. The van der Waals surface area contributed by atoms with Crippen molar-refractivity contribution in [3.8, 4) is 17.0 Å². The summed E-state index contributed by atoms with van der Waals surface area (Å²) >= 11 is 7.48. The molecule has 4 aromatic rings. The van der Waals surface area contributed by atoms with Crippen LogP contribution in [0.4, 0.5) is 10.8 Å². The number of anilines is 2. The molecule has 0 radical (unpaired) electrons. The molecule has 0 saturated heterocycles. The molecular formula is C25H16ClN3O4S. The van der Waals surface area contributed by atoms with Gasteiger partial charge in [0.15, 0.2) is 5.13 Å². The summed E-state index contributed by atoms with van der Waals surface area (Å²) < 4.78 is 5.16. The Labute approximate surface area is 203 Å². The molecule has 0 spiro atoms. The first kappa shape index (κ1) is 21.8. The van der Waals surface area contributed by atoms with Crippen molar-refractivity contribution in [3.63, 3.8) is 0 Å². The van der Waals surface area contributed by atoms with Crippen LogP contribution >= 0.6 is 22.9 Å². The number of benzene rings is 3. The Balaban J connectivity index is 1.30. The Morgan fingerprint density at radius 2 is 1.68 bits per heavy atom. The van der Waals surface area contributed by atoms with Gasteiger partial charge in [-0.1, -0.05) is 23.7 Å². The van der Waals surface area contributed by atoms with Gasteiger partial charge in [-0.3, -0.25) is 19.7 Å². The molecule has 7 nitrogen and oxygen atoms in total. The van der Waals surface area contributed by atoms with Gasteiger partial charge in [0.25, 0.3) is 17.7 Å². The molecular weight excluding hydrogens is 474 g/mol. The highest BCUT2D eigenvalue weighted by atomic mass is 35.5. The van der Waals surface area contributed by atoms with Gasteiger partial charge in [-0.2, -0.15) is 0 Å². The Hall–Kier alpha value is -4.01. The van der Waals surface area contributed by atoms with Crippen molar-refractivity contribution in [2.24, 2.45) is 0 Å². The minimum atomic E-state index is -0.383. The van der Waals surface area contributed by atoms with Crippen LogP contribution in [0.2, 0.25) is 5.02 Å². The Kier molecular flexibility index (Phi) is 5.61. The molecule has 1 aliphatic rings. The van der Waals surface area contributed by atoms with E-state index in [1.165, 1.54) is 11.3 Å². The number of hydrogen-bond donors (Lipinski definition) is 1. The number of carbonyl (C=O) groups is 3. The maximum Gasteiger partial charge on any atom is 0.266 e. The molecule has 1 N–H and O–H groups in total. The van der Waals surface area contributed by atoms with Crippen molar-refractivity contribution >= 4 is 51.5 Å². The van der Waals surface area contributed by atoms with Gasteiger partial charge >= 0.3 is 0 Å². The van der Waals surface area contributed by atoms with Gasteiger partial charge in [0.1, 0.15) is 5.75 Å². The van der Waals surface area contributed by atoms with E-state index in [-0.39, 0.29) is 17.7 Å². The van der Waals surface area contributed by atoms with Crippen LogP contribution in [0.25, 0.3) is 11.3 Å². The zero-order chi connectivity index (χ0) is 23.8. The molecule has 0 atom stereocenters. The second-order valence-electron chi connectivity index (χ2n) is 7.38. The molecule has 9 heteroatoms. The van der Waals surface area contributed by atoms with Crippen LogP contribution in [0.3, 0.4) is 0 Å². The van der Waals surface area contributed by atoms with E-state index in [4.69, 9.17) is 16.3 Å². The van der Waals surface area contributed by atoms with Crippen molar-refractivity contribution in [1.82, 2.24) is 4.98 Å². The van der Waals surface area contributed by atoms with E-state index < -0.39 is 0 Å². The molecule has 5 rings (SSSR count). The summed E-state index contributed by atoms with van der Waals surface area (Å²) in [5.74, 6) is -0.556. The second kappa shape index (κ2) is 8.74. The van der Waals surface area contributed by atoms with Crippen molar-refractivity contribution in [2.45, 2.75) is 0 Å². The standard InChI is InChI=1S/C25H16ClN3O4S/c1-33-21-11-8-15(12-19(21)26)20-13-34-25(27-20)28-22(30)14-6-9-16(10-7-14)29-23(31)17-4-2-3-5-18(17)24(29)32/h2-13H,1H3,(H,27,28,30). The first-order chi connectivity index (χ1) is 16.5. The first-order valence-corrected chi connectivity index (χ1v) is 11.4. The predicted octanol–water partition coefficient (Wildman–Crippen LogP) is 5.53. The Morgan fingerprint density at radius 3 is 2.29 bits per heavy atom. The summed E-state index contributed by atoms with van der Waals surface area (Å²) in [6.07, 6.45) is 0. The summed E-state index contributed by atoms with van der Waals surface area (Å²) in [6.45, 7) is 0. The third-order valence-corrected chi connectivity index (χ3v) is 6.41. The Morgan fingerprint density at radius 1 is 1.00 bits per heavy atom. The topological polar surface area (TPSA) is 88.6 Å². The number of carbonyl (C=O) groups excluding carboxylic acids is 3. The SMILES string of the molecule is COc1ccc(-c2csc(NC(=O)c3ccc(N4C(=O)c5ccccc5C4=O)cc3)n2)cc1Cl. The largest absolute Gasteiger partial charge is 0.495 e. The molecule has 0 fully saturated rings. The van der Waals surface area contributed by atoms with Crippen LogP contribution in [0.1, 0.15) is 31.1 Å². The van der Waals surface area contributed by atoms with Gasteiger partial charge < -0.3 is 4.74 Å². The highest BCUT2D eigenvalue weighted by Gasteiger charge is 2.36. The van der Waals surface area contributed by atoms with Gasteiger partial charge in [-0.15, -0.1) is 11.3 Å². The number of imide groups is 1. The molecule has 3 amide bonds. The molecule has 1 aromatic heterocycles. The number of fused-ring (bicyclic) bond motifs is 1. The average Bonchev–Trinajstić information content (AvgIpc) is 3.42. The highest BCUT2D eigenvalue weighted by molar-refractivity contribution is 7.14. The van der Waals surface area contributed by atoms with E-state index in [0.29, 0.717) is 44.0 Å². The molecule has 2 heterocycles. The number of nitrogens with zero attached hydrogens (tertiary/aromatic N) is 2. The quantitative estimate of drug-likeness (QED) is 0.372. The van der Waals surface area contributed by atoms with E-state index in [9.17, 15) is 14.4 Å². The molecule has 34 heavy (non-hydrogen) atoms. The lowest BCUT2D eigenvalue weighted by atomic mass is 10.1.